The summed E-state index contributed by atoms with van der Waals surface area (Å²) in [4.78, 5) is 124. The average molecular weight is 1630 g/mol. The zero-order chi connectivity index (χ0) is 82.1. The van der Waals surface area contributed by atoms with Crippen molar-refractivity contribution in [3.8, 4) is 51.4 Å². The zero-order valence-electron chi connectivity index (χ0n) is 62.4. The Balaban J connectivity index is 0.958. The lowest BCUT2D eigenvalue weighted by molar-refractivity contribution is -0.277. The van der Waals surface area contributed by atoms with Crippen molar-refractivity contribution in [2.24, 2.45) is 35.3 Å². The van der Waals surface area contributed by atoms with Crippen LogP contribution in [0.4, 0.5) is 0 Å². The number of sulfonamides is 1. The first kappa shape index (κ1) is 81.4. The molecule has 4 saturated carbocycles. The molecule has 8 amide bonds. The number of hydrogen-bond donors (Lipinski definition) is 19. The molecule has 6 aliphatic heterocycles. The summed E-state index contributed by atoms with van der Waals surface area (Å²) in [5, 5.41) is 127. The number of likely N-dealkylation sites (N-methyl/N-ethyl adjacent to an activating group) is 1. The number of phenols is 1. The van der Waals surface area contributed by atoms with Crippen molar-refractivity contribution < 1.29 is 116 Å². The number of rotatable bonds is 17. The molecule has 5 aliphatic carbocycles. The van der Waals surface area contributed by atoms with E-state index in [4.69, 9.17) is 41.0 Å². The summed E-state index contributed by atoms with van der Waals surface area (Å²) >= 11 is 7.17. The third kappa shape index (κ3) is 16.2. The quantitative estimate of drug-likeness (QED) is 0.0562. The van der Waals surface area contributed by atoms with Crippen LogP contribution in [-0.2, 0) is 58.9 Å². The van der Waals surface area contributed by atoms with Crippen molar-refractivity contribution in [1.82, 2.24) is 47.3 Å². The second kappa shape index (κ2) is 32.5. The summed E-state index contributed by atoms with van der Waals surface area (Å²) in [6.45, 7) is 4.32. The number of aliphatic hydroxyl groups is 8. The predicted octanol–water partition coefficient (Wildman–Crippen LogP) is 0.825. The molecular weight excluding hydrogens is 1540 g/mol. The van der Waals surface area contributed by atoms with E-state index in [1.54, 1.807) is 0 Å². The molecule has 115 heavy (non-hydrogen) atoms. The number of carbonyl (C=O) groups is 8. The monoisotopic (exact) mass is 1630 g/mol. The summed E-state index contributed by atoms with van der Waals surface area (Å²) in [6.07, 6.45) is -10.9. The van der Waals surface area contributed by atoms with E-state index in [2.05, 4.69) is 42.5 Å². The normalized spacial score (nSPS) is 28.8. The minimum Gasteiger partial charge on any atom is -0.508 e. The Hall–Kier alpha value is -10.1. The van der Waals surface area contributed by atoms with Crippen molar-refractivity contribution in [3.63, 3.8) is 0 Å². The SMILES string of the molecule is CN[C@H](CC(C)C)C(=O)N[C@H]1C(=O)N[C@@H](CC(=O)NS(=O)(=O)c2ccc(OCCN)cc2)C(=O)N[C@H]2C(=O)N[C@H]3C(=O)N[C@H](C(=O)N[C@H](C(=O)NC4C5CC6CC(C5)CC4C6)c4cc(O)cc5c4-c4cc3ccc4C5(O)O)[C@H](O)c3ccc(c(Cl)c3)Oc3cc2cc(c3O[C@@H]2O[C@H](CO)[C@@H](O)[C@H](O)[C@H]2O)Oc2ccc(cc2C)[C@H]1O. The van der Waals surface area contributed by atoms with Gasteiger partial charge in [0.2, 0.25) is 65.1 Å². The van der Waals surface area contributed by atoms with E-state index in [9.17, 15) is 64.0 Å². The molecular formula is C79H89ClN10O24S. The van der Waals surface area contributed by atoms with Gasteiger partial charge in [-0.1, -0.05) is 49.7 Å². The van der Waals surface area contributed by atoms with Gasteiger partial charge in [-0.25, -0.2) is 13.1 Å². The molecule has 6 aromatic carbocycles. The Labute approximate surface area is 663 Å². The molecule has 0 spiro atoms. The number of phenolic OH excluding ortho intramolecular Hbond substituents is 1. The fraction of sp³-hybridized carbons (Fsp3) is 0.443. The Morgan fingerprint density at radius 3 is 1.96 bits per heavy atom. The first-order valence-electron chi connectivity index (χ1n) is 37.7. The van der Waals surface area contributed by atoms with E-state index in [-0.39, 0.29) is 111 Å². The van der Waals surface area contributed by atoms with Crippen molar-refractivity contribution >= 4 is 68.9 Å². The highest BCUT2D eigenvalue weighted by Crippen LogP contribution is 2.56. The molecule has 20 N–H and O–H groups in total. The lowest BCUT2D eigenvalue weighted by atomic mass is 9.54. The maximum atomic E-state index is 16.5. The van der Waals surface area contributed by atoms with Crippen LogP contribution in [0.3, 0.4) is 0 Å². The highest BCUT2D eigenvalue weighted by Gasteiger charge is 2.52. The number of fused-ring (bicyclic) bond motifs is 12. The van der Waals surface area contributed by atoms with Crippen LogP contribution in [0.15, 0.2) is 108 Å². The third-order valence-electron chi connectivity index (χ3n) is 22.7. The van der Waals surface area contributed by atoms with Crippen LogP contribution in [0.2, 0.25) is 5.02 Å². The number of halogens is 1. The van der Waals surface area contributed by atoms with E-state index < -0.39 is 200 Å². The topological polar surface area (TPSA) is 533 Å². The summed E-state index contributed by atoms with van der Waals surface area (Å²) in [5.74, 6) is -14.8. The summed E-state index contributed by atoms with van der Waals surface area (Å²) in [6, 6.07) is 5.51. The van der Waals surface area contributed by atoms with Gasteiger partial charge in [-0.05, 0) is 205 Å². The maximum absolute atomic E-state index is 16.5. The second-order valence-electron chi connectivity index (χ2n) is 31.0. The Morgan fingerprint density at radius 2 is 1.31 bits per heavy atom. The smallest absolute Gasteiger partial charge is 0.264 e. The van der Waals surface area contributed by atoms with Gasteiger partial charge >= 0.3 is 0 Å². The number of benzene rings is 6. The molecule has 612 valence electrons. The van der Waals surface area contributed by atoms with Crippen molar-refractivity contribution in [1.29, 1.82) is 0 Å². The largest absolute Gasteiger partial charge is 0.508 e. The number of hydrogen-bond acceptors (Lipinski definition) is 26. The highest BCUT2D eigenvalue weighted by atomic mass is 35.5. The van der Waals surface area contributed by atoms with E-state index in [0.717, 1.165) is 74.6 Å². The summed E-state index contributed by atoms with van der Waals surface area (Å²) in [5.41, 5.74) is 3.61. The number of aromatic hydroxyl groups is 1. The van der Waals surface area contributed by atoms with Crippen molar-refractivity contribution in [3.05, 3.63) is 153 Å². The van der Waals surface area contributed by atoms with E-state index in [1.807, 2.05) is 18.6 Å². The van der Waals surface area contributed by atoms with Crippen LogP contribution in [0.5, 0.6) is 40.2 Å². The average Bonchev–Trinajstić information content (AvgIpc) is 1.56. The predicted molar refractivity (Wildman–Crippen MR) is 403 cm³/mol. The molecule has 14 atom stereocenters. The zero-order valence-corrected chi connectivity index (χ0v) is 64.0. The fourth-order valence-electron chi connectivity index (χ4n) is 17.2. The summed E-state index contributed by atoms with van der Waals surface area (Å²) < 4.78 is 61.2. The molecule has 6 heterocycles. The van der Waals surface area contributed by atoms with Crippen LogP contribution >= 0.6 is 11.6 Å². The first-order valence-corrected chi connectivity index (χ1v) is 39.6. The van der Waals surface area contributed by atoms with Gasteiger partial charge in [0.25, 0.3) is 10.0 Å². The number of aliphatic hydroxyl groups excluding tert-OH is 6. The van der Waals surface area contributed by atoms with Crippen LogP contribution in [0.25, 0.3) is 11.1 Å². The lowest BCUT2D eigenvalue weighted by Gasteiger charge is -2.54. The first-order chi connectivity index (χ1) is 54.7. The number of ether oxygens (including phenoxy) is 5. The van der Waals surface area contributed by atoms with Gasteiger partial charge in [-0.15, -0.1) is 0 Å². The van der Waals surface area contributed by atoms with Gasteiger partial charge in [-0.3, -0.25) is 38.4 Å². The van der Waals surface area contributed by atoms with Gasteiger partial charge in [0.1, 0.15) is 102 Å². The summed E-state index contributed by atoms with van der Waals surface area (Å²) in [7, 11) is -3.42. The number of nitrogens with one attached hydrogen (secondary N) is 9. The Kier molecular flexibility index (Phi) is 23.0. The highest BCUT2D eigenvalue weighted by molar-refractivity contribution is 7.90. The third-order valence-corrected chi connectivity index (χ3v) is 24.4. The number of amides is 8. The van der Waals surface area contributed by atoms with Crippen LogP contribution in [0, 0.1) is 36.5 Å². The molecule has 6 aromatic rings. The number of aryl methyl sites for hydroxylation is 1. The Morgan fingerprint density at radius 1 is 0.678 bits per heavy atom. The molecule has 0 radical (unpaired) electrons. The molecule has 36 heteroatoms. The van der Waals surface area contributed by atoms with Crippen molar-refractivity contribution in [2.75, 3.05) is 26.8 Å². The fourth-order valence-corrected chi connectivity index (χ4v) is 18.4. The van der Waals surface area contributed by atoms with Gasteiger partial charge in [0.05, 0.1) is 29.0 Å². The standard InChI is InChI=1S/C79H89ClN10O24S/c1-32(2)17-50(82-4)71(99)88-63-65(94)37-6-13-52(33(3)18-37)111-54-26-41-27-55(70(54)114-78-69(98)68(97)67(96)56(31-91)113-78)112-53-14-7-38(25-49(53)80)66(95)64-77(105)87-62(75(103)84-59-39-20-34-19-35(22-39)23-40(59)21-34)46-28-42(92)29-48-58(46)45-24-36(5-12-47(45)79(48,106)107)60(73(101)89-64)86-74(102)61(41)85-72(100)51(83-76(63)104)30-57(93)90-115(108,109)44-10-8-43(9-11-44)110-16-15-81/h5-14,18,24-29,32,34-35,39-40,50-51,56,59-69,78,82,91-92,94-98,106-107H,15-17,19-23,30-31,81H2,1-4H3,(H,83,104)(H,84,103)(H,85,100)(H,86,102)(H,87,105)(H,88,99)(H,89,101)(H,90,93)/t34?,35?,39?,40?,50-,51+,56-,59?,60-,61-,62+,63-,64+,65-,66-,67-,68+,69-,78+/m1/s1. The molecule has 0 aromatic heterocycles. The van der Waals surface area contributed by atoms with E-state index in [0.29, 0.717) is 11.8 Å². The van der Waals surface area contributed by atoms with Gasteiger partial charge in [0, 0.05) is 23.7 Å². The van der Waals surface area contributed by atoms with Crippen molar-refractivity contribution in [2.45, 2.75) is 168 Å². The van der Waals surface area contributed by atoms with E-state index in [1.165, 1.54) is 74.6 Å². The maximum Gasteiger partial charge on any atom is 0.264 e. The molecule has 0 unspecified atom stereocenters. The minimum absolute atomic E-state index is 0.0575. The number of carbonyl (C=O) groups excluding carboxylic acids is 8. The van der Waals surface area contributed by atoms with Crippen LogP contribution in [0.1, 0.15) is 134 Å². The lowest BCUT2D eigenvalue weighted by Crippen LogP contribution is -2.60. The van der Waals surface area contributed by atoms with Crippen LogP contribution in [-0.4, -0.2) is 189 Å². The molecule has 15 bridgehead atoms. The molecule has 5 fully saturated rings. The van der Waals surface area contributed by atoms with Gasteiger partial charge in [-0.2, -0.15) is 0 Å². The molecule has 17 rings (SSSR count). The second-order valence-corrected chi connectivity index (χ2v) is 33.1. The van der Waals surface area contributed by atoms with Gasteiger partial charge < -0.3 is 118 Å². The minimum atomic E-state index is -4.89. The Bertz CT molecular complexity index is 4950. The number of nitrogens with two attached hydrogens (primary N) is 1. The van der Waals surface area contributed by atoms with Gasteiger partial charge in [0.15, 0.2) is 11.5 Å². The molecule has 11 aliphatic rings. The molecule has 34 nitrogen and oxygen atoms in total. The van der Waals surface area contributed by atoms with E-state index >= 15 is 28.8 Å². The van der Waals surface area contributed by atoms with Crippen LogP contribution < -0.4 is 71.9 Å². The molecule has 1 saturated heterocycles.